The molecule has 0 fully saturated rings. The molecule has 6 heteroatoms. The summed E-state index contributed by atoms with van der Waals surface area (Å²) in [5, 5.41) is 2.43. The Balaban J connectivity index is 2.21. The van der Waals surface area contributed by atoms with Gasteiger partial charge < -0.3 is 10.3 Å². The van der Waals surface area contributed by atoms with Crippen molar-refractivity contribution in [3.05, 3.63) is 63.3 Å². The van der Waals surface area contributed by atoms with E-state index in [9.17, 15) is 14.0 Å². The number of aromatic nitrogens is 1. The third kappa shape index (κ3) is 2.75. The van der Waals surface area contributed by atoms with E-state index in [1.807, 2.05) is 0 Å². The zero-order chi connectivity index (χ0) is 13.1. The summed E-state index contributed by atoms with van der Waals surface area (Å²) in [5.74, 6) is -1.03. The van der Waals surface area contributed by atoms with Crippen molar-refractivity contribution in [2.24, 2.45) is 0 Å². The number of H-pyrrole nitrogens is 1. The SMILES string of the molecule is O=C(Nc1ccc(F)c(Cl)c1)c1cc[nH]c(=O)c1. The Morgan fingerprint density at radius 2 is 2.06 bits per heavy atom. The molecular weight excluding hydrogens is 259 g/mol. The van der Waals surface area contributed by atoms with Crippen LogP contribution < -0.4 is 10.9 Å². The molecule has 2 aromatic rings. The summed E-state index contributed by atoms with van der Waals surface area (Å²) in [7, 11) is 0. The van der Waals surface area contributed by atoms with Crippen LogP contribution in [-0.4, -0.2) is 10.9 Å². The Kier molecular flexibility index (Phi) is 3.43. The van der Waals surface area contributed by atoms with Crippen LogP contribution in [0.15, 0.2) is 41.3 Å². The average Bonchev–Trinajstić information content (AvgIpc) is 2.34. The third-order valence-corrected chi connectivity index (χ3v) is 2.50. The summed E-state index contributed by atoms with van der Waals surface area (Å²) in [6.45, 7) is 0. The second-order valence-corrected chi connectivity index (χ2v) is 3.93. The first-order valence-corrected chi connectivity index (χ1v) is 5.39. The second-order valence-electron chi connectivity index (χ2n) is 3.52. The largest absolute Gasteiger partial charge is 0.329 e. The van der Waals surface area contributed by atoms with E-state index in [0.29, 0.717) is 5.69 Å². The van der Waals surface area contributed by atoms with E-state index in [2.05, 4.69) is 10.3 Å². The Bertz CT molecular complexity index is 655. The molecule has 0 radical (unpaired) electrons. The lowest BCUT2D eigenvalue weighted by atomic mass is 10.2. The molecule has 1 aromatic heterocycles. The van der Waals surface area contributed by atoms with Crippen molar-refractivity contribution in [1.29, 1.82) is 0 Å². The molecule has 0 saturated heterocycles. The van der Waals surface area contributed by atoms with E-state index in [0.717, 1.165) is 6.07 Å². The van der Waals surface area contributed by atoms with Gasteiger partial charge in [-0.25, -0.2) is 4.39 Å². The minimum Gasteiger partial charge on any atom is -0.329 e. The lowest BCUT2D eigenvalue weighted by Gasteiger charge is -2.05. The van der Waals surface area contributed by atoms with Gasteiger partial charge in [-0.1, -0.05) is 11.6 Å². The molecule has 1 aromatic carbocycles. The van der Waals surface area contributed by atoms with Crippen molar-refractivity contribution in [1.82, 2.24) is 4.98 Å². The molecule has 0 aliphatic rings. The smallest absolute Gasteiger partial charge is 0.255 e. The molecule has 2 rings (SSSR count). The Labute approximate surface area is 106 Å². The van der Waals surface area contributed by atoms with Crippen molar-refractivity contribution >= 4 is 23.2 Å². The van der Waals surface area contributed by atoms with Crippen LogP contribution in [0.4, 0.5) is 10.1 Å². The van der Waals surface area contributed by atoms with Gasteiger partial charge in [-0.15, -0.1) is 0 Å². The summed E-state index contributed by atoms with van der Waals surface area (Å²) in [6, 6.07) is 6.45. The maximum atomic E-state index is 12.9. The molecule has 4 nitrogen and oxygen atoms in total. The average molecular weight is 267 g/mol. The number of hydrogen-bond donors (Lipinski definition) is 2. The van der Waals surface area contributed by atoms with Crippen LogP contribution in [0.1, 0.15) is 10.4 Å². The number of benzene rings is 1. The van der Waals surface area contributed by atoms with E-state index >= 15 is 0 Å². The monoisotopic (exact) mass is 266 g/mol. The number of aromatic amines is 1. The fraction of sp³-hybridized carbons (Fsp3) is 0. The number of nitrogens with one attached hydrogen (secondary N) is 2. The molecule has 92 valence electrons. The molecule has 2 N–H and O–H groups in total. The molecule has 0 saturated carbocycles. The molecule has 1 amide bonds. The third-order valence-electron chi connectivity index (χ3n) is 2.21. The maximum absolute atomic E-state index is 12.9. The standard InChI is InChI=1S/C12H8ClFN2O2/c13-9-6-8(1-2-10(9)14)16-12(18)7-3-4-15-11(17)5-7/h1-6H,(H,15,17)(H,16,18). The summed E-state index contributed by atoms with van der Waals surface area (Å²) >= 11 is 5.59. The number of hydrogen-bond acceptors (Lipinski definition) is 2. The van der Waals surface area contributed by atoms with Crippen molar-refractivity contribution in [2.75, 3.05) is 5.32 Å². The van der Waals surface area contributed by atoms with E-state index in [1.165, 1.54) is 30.5 Å². The van der Waals surface area contributed by atoms with Crippen LogP contribution in [0.25, 0.3) is 0 Å². The summed E-state index contributed by atoms with van der Waals surface area (Å²) in [6.07, 6.45) is 1.37. The molecule has 0 aliphatic carbocycles. The van der Waals surface area contributed by atoms with Crippen LogP contribution >= 0.6 is 11.6 Å². The Hall–Kier alpha value is -2.14. The molecular formula is C12H8ClFN2O2. The normalized spacial score (nSPS) is 10.1. The highest BCUT2D eigenvalue weighted by Crippen LogP contribution is 2.19. The number of pyridine rings is 1. The summed E-state index contributed by atoms with van der Waals surface area (Å²) < 4.78 is 12.9. The minimum absolute atomic E-state index is 0.0845. The van der Waals surface area contributed by atoms with Crippen molar-refractivity contribution in [3.63, 3.8) is 0 Å². The molecule has 0 aliphatic heterocycles. The predicted octanol–water partition coefficient (Wildman–Crippen LogP) is 2.42. The van der Waals surface area contributed by atoms with Gasteiger partial charge in [0.25, 0.3) is 5.91 Å². The van der Waals surface area contributed by atoms with Crippen LogP contribution in [0.2, 0.25) is 5.02 Å². The summed E-state index contributed by atoms with van der Waals surface area (Å²) in [4.78, 5) is 25.2. The van der Waals surface area contributed by atoms with E-state index in [-0.39, 0.29) is 16.1 Å². The van der Waals surface area contributed by atoms with Gasteiger partial charge in [0.2, 0.25) is 5.56 Å². The predicted molar refractivity (Wildman–Crippen MR) is 66.4 cm³/mol. The molecule has 0 atom stereocenters. The van der Waals surface area contributed by atoms with Gasteiger partial charge in [0.1, 0.15) is 5.82 Å². The van der Waals surface area contributed by atoms with Gasteiger partial charge >= 0.3 is 0 Å². The highest BCUT2D eigenvalue weighted by atomic mass is 35.5. The van der Waals surface area contributed by atoms with Crippen LogP contribution in [0.3, 0.4) is 0 Å². The first-order chi connectivity index (χ1) is 8.56. The second kappa shape index (κ2) is 5.01. The van der Waals surface area contributed by atoms with E-state index < -0.39 is 11.7 Å². The highest BCUT2D eigenvalue weighted by molar-refractivity contribution is 6.31. The maximum Gasteiger partial charge on any atom is 0.255 e. The van der Waals surface area contributed by atoms with Crippen molar-refractivity contribution in [2.45, 2.75) is 0 Å². The zero-order valence-corrected chi connectivity index (χ0v) is 9.79. The molecule has 1 heterocycles. The minimum atomic E-state index is -0.564. The van der Waals surface area contributed by atoms with Crippen molar-refractivity contribution < 1.29 is 9.18 Å². The summed E-state index contributed by atoms with van der Waals surface area (Å²) in [5.41, 5.74) is 0.186. The van der Waals surface area contributed by atoms with Gasteiger partial charge in [0, 0.05) is 23.5 Å². The van der Waals surface area contributed by atoms with Crippen LogP contribution in [0.5, 0.6) is 0 Å². The first kappa shape index (κ1) is 12.3. The fourth-order valence-electron chi connectivity index (χ4n) is 1.36. The number of rotatable bonds is 2. The van der Waals surface area contributed by atoms with Gasteiger partial charge in [-0.3, -0.25) is 9.59 Å². The van der Waals surface area contributed by atoms with E-state index in [4.69, 9.17) is 11.6 Å². The fourth-order valence-corrected chi connectivity index (χ4v) is 1.54. The topological polar surface area (TPSA) is 62.0 Å². The highest BCUT2D eigenvalue weighted by Gasteiger charge is 2.07. The lowest BCUT2D eigenvalue weighted by molar-refractivity contribution is 0.102. The quantitative estimate of drug-likeness (QED) is 0.877. The van der Waals surface area contributed by atoms with Gasteiger partial charge in [-0.2, -0.15) is 0 Å². The Morgan fingerprint density at radius 1 is 1.28 bits per heavy atom. The number of carbonyl (C=O) groups excluding carboxylic acids is 1. The van der Waals surface area contributed by atoms with Gasteiger partial charge in [-0.05, 0) is 24.3 Å². The molecule has 0 unspecified atom stereocenters. The molecule has 18 heavy (non-hydrogen) atoms. The first-order valence-electron chi connectivity index (χ1n) is 5.01. The van der Waals surface area contributed by atoms with Crippen LogP contribution in [-0.2, 0) is 0 Å². The van der Waals surface area contributed by atoms with Crippen molar-refractivity contribution in [3.8, 4) is 0 Å². The lowest BCUT2D eigenvalue weighted by Crippen LogP contribution is -2.15. The van der Waals surface area contributed by atoms with Gasteiger partial charge in [0.15, 0.2) is 0 Å². The van der Waals surface area contributed by atoms with Crippen LogP contribution in [0, 0.1) is 5.82 Å². The van der Waals surface area contributed by atoms with E-state index in [1.54, 1.807) is 0 Å². The number of anilines is 1. The molecule has 0 spiro atoms. The zero-order valence-electron chi connectivity index (χ0n) is 9.04. The Morgan fingerprint density at radius 3 is 2.72 bits per heavy atom. The number of amides is 1. The molecule has 0 bridgehead atoms. The van der Waals surface area contributed by atoms with Gasteiger partial charge in [0.05, 0.1) is 5.02 Å². The number of halogens is 2. The number of carbonyl (C=O) groups is 1.